The highest BCUT2D eigenvalue weighted by molar-refractivity contribution is 9.10. The third-order valence-corrected chi connectivity index (χ3v) is 4.26. The Morgan fingerprint density at radius 1 is 1.33 bits per heavy atom. The Labute approximate surface area is 147 Å². The molecule has 0 unspecified atom stereocenters. The van der Waals surface area contributed by atoms with E-state index in [1.807, 2.05) is 18.2 Å². The molecule has 0 spiro atoms. The summed E-state index contributed by atoms with van der Waals surface area (Å²) in [6, 6.07) is 8.77. The molecule has 3 rings (SSSR count). The number of aryl methyl sites for hydroxylation is 1. The number of nitrogens with zero attached hydrogens (tertiary/aromatic N) is 2. The first-order valence-corrected chi connectivity index (χ1v) is 8.37. The van der Waals surface area contributed by atoms with E-state index in [1.165, 1.54) is 0 Å². The molecule has 0 aliphatic heterocycles. The van der Waals surface area contributed by atoms with Crippen LogP contribution in [0.1, 0.15) is 18.6 Å². The van der Waals surface area contributed by atoms with E-state index in [-0.39, 0.29) is 24.5 Å². The Morgan fingerprint density at radius 2 is 2.08 bits per heavy atom. The SMILES string of the molecule is Cc1cc(NC(=O)CN(C(=O)Nc2ccccc2Br)C2CC2)no1. The number of anilines is 2. The van der Waals surface area contributed by atoms with Crippen LogP contribution in [0.5, 0.6) is 0 Å². The molecule has 1 aliphatic carbocycles. The summed E-state index contributed by atoms with van der Waals surface area (Å²) in [7, 11) is 0. The van der Waals surface area contributed by atoms with Crippen LogP contribution in [-0.2, 0) is 4.79 Å². The maximum atomic E-state index is 12.5. The molecule has 7 nitrogen and oxygen atoms in total. The second kappa shape index (κ2) is 7.04. The molecule has 2 aromatic rings. The van der Waals surface area contributed by atoms with Gasteiger partial charge in [-0.25, -0.2) is 4.79 Å². The van der Waals surface area contributed by atoms with Crippen molar-refractivity contribution in [3.63, 3.8) is 0 Å². The summed E-state index contributed by atoms with van der Waals surface area (Å²) in [6.45, 7) is 1.71. The highest BCUT2D eigenvalue weighted by atomic mass is 79.9. The van der Waals surface area contributed by atoms with Crippen LogP contribution >= 0.6 is 15.9 Å². The summed E-state index contributed by atoms with van der Waals surface area (Å²) in [5, 5.41) is 9.18. The predicted molar refractivity (Wildman–Crippen MR) is 92.8 cm³/mol. The second-order valence-electron chi connectivity index (χ2n) is 5.64. The predicted octanol–water partition coefficient (Wildman–Crippen LogP) is 3.38. The van der Waals surface area contributed by atoms with Crippen molar-refractivity contribution in [2.45, 2.75) is 25.8 Å². The average molecular weight is 393 g/mol. The fourth-order valence-electron chi connectivity index (χ4n) is 2.26. The monoisotopic (exact) mass is 392 g/mol. The highest BCUT2D eigenvalue weighted by Crippen LogP contribution is 2.28. The van der Waals surface area contributed by atoms with Crippen molar-refractivity contribution >= 4 is 39.4 Å². The molecule has 0 bridgehead atoms. The molecule has 1 aromatic carbocycles. The number of nitrogens with one attached hydrogen (secondary N) is 2. The smallest absolute Gasteiger partial charge is 0.322 e. The van der Waals surface area contributed by atoms with Crippen LogP contribution in [0.3, 0.4) is 0 Å². The zero-order valence-corrected chi connectivity index (χ0v) is 14.7. The van der Waals surface area contributed by atoms with Gasteiger partial charge in [0, 0.05) is 16.6 Å². The van der Waals surface area contributed by atoms with Gasteiger partial charge in [0.1, 0.15) is 12.3 Å². The first-order chi connectivity index (χ1) is 11.5. The Morgan fingerprint density at radius 3 is 2.71 bits per heavy atom. The molecule has 1 saturated carbocycles. The molecule has 1 aliphatic rings. The lowest BCUT2D eigenvalue weighted by atomic mass is 10.3. The number of aromatic nitrogens is 1. The van der Waals surface area contributed by atoms with Gasteiger partial charge in [0.05, 0.1) is 5.69 Å². The first kappa shape index (κ1) is 16.5. The fraction of sp³-hybridized carbons (Fsp3) is 0.312. The third kappa shape index (κ3) is 4.14. The van der Waals surface area contributed by atoms with E-state index >= 15 is 0 Å². The summed E-state index contributed by atoms with van der Waals surface area (Å²) < 4.78 is 5.70. The summed E-state index contributed by atoms with van der Waals surface area (Å²) in [4.78, 5) is 26.2. The van der Waals surface area contributed by atoms with E-state index < -0.39 is 0 Å². The van der Waals surface area contributed by atoms with E-state index in [0.29, 0.717) is 17.3 Å². The van der Waals surface area contributed by atoms with Gasteiger partial charge in [0.15, 0.2) is 5.82 Å². The van der Waals surface area contributed by atoms with Gasteiger partial charge in [0.25, 0.3) is 0 Å². The van der Waals surface area contributed by atoms with E-state index in [0.717, 1.165) is 17.3 Å². The normalized spacial score (nSPS) is 13.4. The zero-order valence-electron chi connectivity index (χ0n) is 13.1. The number of hydrogen-bond acceptors (Lipinski definition) is 4. The quantitative estimate of drug-likeness (QED) is 0.816. The minimum Gasteiger partial charge on any atom is -0.360 e. The molecule has 1 aromatic heterocycles. The van der Waals surface area contributed by atoms with E-state index in [2.05, 4.69) is 31.7 Å². The molecular formula is C16H17BrN4O3. The van der Waals surface area contributed by atoms with Gasteiger partial charge in [-0.1, -0.05) is 17.3 Å². The average Bonchev–Trinajstić information content (AvgIpc) is 3.30. The number of rotatable bonds is 5. The molecular weight excluding hydrogens is 376 g/mol. The molecule has 8 heteroatoms. The fourth-order valence-corrected chi connectivity index (χ4v) is 2.65. The van der Waals surface area contributed by atoms with Crippen LogP contribution in [-0.4, -0.2) is 34.6 Å². The third-order valence-electron chi connectivity index (χ3n) is 3.57. The van der Waals surface area contributed by atoms with Crippen LogP contribution < -0.4 is 10.6 Å². The molecule has 126 valence electrons. The minimum atomic E-state index is -0.308. The molecule has 3 amide bonds. The number of halogens is 1. The van der Waals surface area contributed by atoms with Crippen LogP contribution in [0.2, 0.25) is 0 Å². The van der Waals surface area contributed by atoms with Gasteiger partial charge >= 0.3 is 6.03 Å². The molecule has 24 heavy (non-hydrogen) atoms. The van der Waals surface area contributed by atoms with Crippen molar-refractivity contribution in [2.75, 3.05) is 17.2 Å². The largest absolute Gasteiger partial charge is 0.360 e. The topological polar surface area (TPSA) is 87.5 Å². The van der Waals surface area contributed by atoms with Crippen LogP contribution in [0.15, 0.2) is 39.3 Å². The number of urea groups is 1. The van der Waals surface area contributed by atoms with Crippen LogP contribution in [0, 0.1) is 6.92 Å². The van der Waals surface area contributed by atoms with Gasteiger partial charge in [-0.05, 0) is 47.8 Å². The van der Waals surface area contributed by atoms with Gasteiger partial charge in [-0.2, -0.15) is 0 Å². The molecule has 1 heterocycles. The maximum absolute atomic E-state index is 12.5. The number of para-hydroxylation sites is 1. The zero-order chi connectivity index (χ0) is 17.1. The lowest BCUT2D eigenvalue weighted by Gasteiger charge is -2.22. The Hall–Kier alpha value is -2.35. The van der Waals surface area contributed by atoms with Crippen molar-refractivity contribution in [2.24, 2.45) is 0 Å². The first-order valence-electron chi connectivity index (χ1n) is 7.58. The van der Waals surface area contributed by atoms with Crippen molar-refractivity contribution in [1.82, 2.24) is 10.1 Å². The van der Waals surface area contributed by atoms with Gasteiger partial charge in [-0.3, -0.25) is 4.79 Å². The number of carbonyl (C=O) groups is 2. The van der Waals surface area contributed by atoms with Gasteiger partial charge < -0.3 is 20.1 Å². The Balaban J connectivity index is 1.63. The molecule has 0 saturated heterocycles. The second-order valence-corrected chi connectivity index (χ2v) is 6.49. The standard InChI is InChI=1S/C16H17BrN4O3/c1-10-8-14(20-24-10)19-15(22)9-21(11-6-7-11)16(23)18-13-5-3-2-4-12(13)17/h2-5,8,11H,6-7,9H2,1H3,(H,18,23)(H,19,20,22). The molecule has 0 atom stereocenters. The highest BCUT2D eigenvalue weighted by Gasteiger charge is 2.34. The van der Waals surface area contributed by atoms with Gasteiger partial charge in [-0.15, -0.1) is 0 Å². The summed E-state index contributed by atoms with van der Waals surface area (Å²) in [6.07, 6.45) is 1.81. The number of hydrogen-bond donors (Lipinski definition) is 2. The summed E-state index contributed by atoms with van der Waals surface area (Å²) in [5.74, 6) is 0.646. The lowest BCUT2D eigenvalue weighted by molar-refractivity contribution is -0.116. The summed E-state index contributed by atoms with van der Waals surface area (Å²) in [5.41, 5.74) is 0.667. The van der Waals surface area contributed by atoms with Crippen LogP contribution in [0.4, 0.5) is 16.3 Å². The molecule has 0 radical (unpaired) electrons. The number of amides is 3. The van der Waals surface area contributed by atoms with Crippen molar-refractivity contribution in [1.29, 1.82) is 0 Å². The number of carbonyl (C=O) groups excluding carboxylic acids is 2. The Kier molecular flexibility index (Phi) is 4.84. The van der Waals surface area contributed by atoms with Crippen molar-refractivity contribution in [3.8, 4) is 0 Å². The number of benzene rings is 1. The van der Waals surface area contributed by atoms with Crippen LogP contribution in [0.25, 0.3) is 0 Å². The van der Waals surface area contributed by atoms with E-state index in [1.54, 1.807) is 24.0 Å². The van der Waals surface area contributed by atoms with Crippen molar-refractivity contribution in [3.05, 3.63) is 40.6 Å². The lowest BCUT2D eigenvalue weighted by Crippen LogP contribution is -2.42. The Bertz CT molecular complexity index is 757. The molecule has 1 fully saturated rings. The van der Waals surface area contributed by atoms with Crippen molar-refractivity contribution < 1.29 is 14.1 Å². The van der Waals surface area contributed by atoms with Gasteiger partial charge in [0.2, 0.25) is 5.91 Å². The summed E-state index contributed by atoms with van der Waals surface area (Å²) >= 11 is 3.39. The van der Waals surface area contributed by atoms with E-state index in [9.17, 15) is 9.59 Å². The minimum absolute atomic E-state index is 0.0349. The maximum Gasteiger partial charge on any atom is 0.322 e. The van der Waals surface area contributed by atoms with E-state index in [4.69, 9.17) is 4.52 Å². The molecule has 2 N–H and O–H groups in total.